The van der Waals surface area contributed by atoms with Crippen molar-refractivity contribution in [2.45, 2.75) is 50.8 Å². The summed E-state index contributed by atoms with van der Waals surface area (Å²) < 4.78 is 5.79. The van der Waals surface area contributed by atoms with E-state index in [0.717, 1.165) is 25.9 Å². The van der Waals surface area contributed by atoms with Gasteiger partial charge in [-0.3, -0.25) is 0 Å². The predicted octanol–water partition coefficient (Wildman–Crippen LogP) is 2.79. The van der Waals surface area contributed by atoms with Gasteiger partial charge in [0.05, 0.1) is 11.6 Å². The lowest BCUT2D eigenvalue weighted by Gasteiger charge is -2.54. The van der Waals surface area contributed by atoms with Crippen molar-refractivity contribution in [2.24, 2.45) is 11.3 Å². The molecule has 1 heterocycles. The molecule has 2 aliphatic carbocycles. The molecule has 2 N–H and O–H groups in total. The minimum atomic E-state index is -0.148. The van der Waals surface area contributed by atoms with E-state index in [1.807, 2.05) is 18.2 Å². The third-order valence-electron chi connectivity index (χ3n) is 5.82. The fourth-order valence-corrected chi connectivity index (χ4v) is 4.38. The Kier molecular flexibility index (Phi) is 3.02. The van der Waals surface area contributed by atoms with Crippen molar-refractivity contribution in [3.63, 3.8) is 0 Å². The van der Waals surface area contributed by atoms with Crippen LogP contribution in [0.3, 0.4) is 0 Å². The van der Waals surface area contributed by atoms with E-state index < -0.39 is 0 Å². The molecule has 1 aromatic carbocycles. The second-order valence-electron chi connectivity index (χ2n) is 7.59. The highest BCUT2D eigenvalue weighted by molar-refractivity contribution is 5.76. The highest BCUT2D eigenvalue weighted by atomic mass is 16.5. The van der Waals surface area contributed by atoms with E-state index in [4.69, 9.17) is 4.74 Å². The van der Waals surface area contributed by atoms with E-state index >= 15 is 0 Å². The maximum absolute atomic E-state index is 12.5. The van der Waals surface area contributed by atoms with Gasteiger partial charge >= 0.3 is 6.03 Å². The third-order valence-corrected chi connectivity index (χ3v) is 5.82. The van der Waals surface area contributed by atoms with Gasteiger partial charge in [-0.15, -0.1) is 0 Å². The van der Waals surface area contributed by atoms with Gasteiger partial charge in [0.25, 0.3) is 0 Å². The van der Waals surface area contributed by atoms with Crippen LogP contribution in [0.15, 0.2) is 30.3 Å². The van der Waals surface area contributed by atoms with E-state index in [-0.39, 0.29) is 23.0 Å². The number of rotatable bonds is 3. The number of ether oxygens (including phenoxy) is 1. The van der Waals surface area contributed by atoms with Gasteiger partial charge in [-0.25, -0.2) is 4.79 Å². The number of fused-ring (bicyclic) bond motifs is 1. The Morgan fingerprint density at radius 1 is 1.23 bits per heavy atom. The molecule has 3 fully saturated rings. The summed E-state index contributed by atoms with van der Waals surface area (Å²) in [6.07, 6.45) is 3.41. The number of hydrogen-bond donors (Lipinski definition) is 2. The van der Waals surface area contributed by atoms with Crippen LogP contribution in [0, 0.1) is 11.3 Å². The summed E-state index contributed by atoms with van der Waals surface area (Å²) in [7, 11) is 0. The Morgan fingerprint density at radius 3 is 2.64 bits per heavy atom. The zero-order valence-corrected chi connectivity index (χ0v) is 13.3. The molecule has 0 unspecified atom stereocenters. The maximum Gasteiger partial charge on any atom is 0.315 e. The number of carbonyl (C=O) groups excluding carboxylic acids is 1. The number of hydrogen-bond acceptors (Lipinski definition) is 2. The number of urea groups is 1. The van der Waals surface area contributed by atoms with E-state index in [0.29, 0.717) is 12.0 Å². The Labute approximate surface area is 131 Å². The largest absolute Gasteiger partial charge is 0.377 e. The van der Waals surface area contributed by atoms with Crippen molar-refractivity contribution in [2.75, 3.05) is 6.61 Å². The summed E-state index contributed by atoms with van der Waals surface area (Å²) in [4.78, 5) is 12.5. The van der Waals surface area contributed by atoms with Crippen LogP contribution in [0.25, 0.3) is 0 Å². The molecule has 0 spiro atoms. The van der Waals surface area contributed by atoms with E-state index in [9.17, 15) is 4.79 Å². The number of nitrogens with one attached hydrogen (secondary N) is 2. The van der Waals surface area contributed by atoms with Crippen LogP contribution >= 0.6 is 0 Å². The van der Waals surface area contributed by atoms with Crippen molar-refractivity contribution in [1.29, 1.82) is 0 Å². The smallest absolute Gasteiger partial charge is 0.315 e. The van der Waals surface area contributed by atoms with Crippen LogP contribution in [-0.4, -0.2) is 24.8 Å². The lowest BCUT2D eigenvalue weighted by Crippen LogP contribution is -2.68. The van der Waals surface area contributed by atoms with E-state index in [2.05, 4.69) is 36.6 Å². The predicted molar refractivity (Wildman–Crippen MR) is 84.4 cm³/mol. The number of benzene rings is 1. The van der Waals surface area contributed by atoms with Crippen LogP contribution in [0.1, 0.15) is 38.7 Å². The summed E-state index contributed by atoms with van der Waals surface area (Å²) in [5, 5.41) is 6.42. The van der Waals surface area contributed by atoms with E-state index in [1.165, 1.54) is 5.56 Å². The van der Waals surface area contributed by atoms with Crippen LogP contribution in [-0.2, 0) is 10.3 Å². The molecule has 1 aromatic rings. The highest BCUT2D eigenvalue weighted by Crippen LogP contribution is 2.52. The lowest BCUT2D eigenvalue weighted by atomic mass is 9.57. The maximum atomic E-state index is 12.5. The molecule has 0 bridgehead atoms. The lowest BCUT2D eigenvalue weighted by molar-refractivity contribution is -0.108. The standard InChI is InChI=1S/C18H24N2O2/c1-17(2)14(13-8-11-22-15(13)17)19-16(21)20-18(9-10-18)12-6-4-3-5-7-12/h3-7,13-15H,8-11H2,1-2H3,(H2,19,20,21)/t13-,14+,15-/m0/s1. The zero-order chi connectivity index (χ0) is 15.4. The Morgan fingerprint density at radius 2 is 1.95 bits per heavy atom. The molecule has 1 aliphatic heterocycles. The number of amides is 2. The molecule has 118 valence electrons. The summed E-state index contributed by atoms with van der Waals surface area (Å²) in [6, 6.07) is 10.4. The molecular weight excluding hydrogens is 276 g/mol. The summed E-state index contributed by atoms with van der Waals surface area (Å²) in [5.74, 6) is 0.479. The average molecular weight is 300 g/mol. The average Bonchev–Trinajstić information content (AvgIpc) is 3.14. The Balaban J connectivity index is 1.42. The third kappa shape index (κ3) is 2.04. The quantitative estimate of drug-likeness (QED) is 0.902. The Bertz CT molecular complexity index is 580. The molecule has 4 rings (SSSR count). The van der Waals surface area contributed by atoms with Gasteiger partial charge in [-0.2, -0.15) is 0 Å². The molecule has 4 nitrogen and oxygen atoms in total. The van der Waals surface area contributed by atoms with Crippen molar-refractivity contribution in [3.05, 3.63) is 35.9 Å². The molecule has 4 heteroatoms. The van der Waals surface area contributed by atoms with Crippen molar-refractivity contribution in [3.8, 4) is 0 Å². The van der Waals surface area contributed by atoms with Crippen molar-refractivity contribution in [1.82, 2.24) is 10.6 Å². The molecule has 3 atom stereocenters. The molecule has 3 aliphatic rings. The fourth-order valence-electron chi connectivity index (χ4n) is 4.38. The molecule has 2 amide bonds. The van der Waals surface area contributed by atoms with Crippen LogP contribution in [0.5, 0.6) is 0 Å². The minimum absolute atomic E-state index is 0.0297. The Hall–Kier alpha value is -1.55. The van der Waals surface area contributed by atoms with Crippen molar-refractivity contribution >= 4 is 6.03 Å². The van der Waals surface area contributed by atoms with Gasteiger partial charge < -0.3 is 15.4 Å². The summed E-state index contributed by atoms with van der Waals surface area (Å²) in [6.45, 7) is 5.20. The van der Waals surface area contributed by atoms with Crippen LogP contribution in [0.2, 0.25) is 0 Å². The molecule has 0 aromatic heterocycles. The fraction of sp³-hybridized carbons (Fsp3) is 0.611. The topological polar surface area (TPSA) is 50.4 Å². The second kappa shape index (κ2) is 4.72. The number of carbonyl (C=O) groups is 1. The van der Waals surface area contributed by atoms with Crippen LogP contribution < -0.4 is 10.6 Å². The first-order chi connectivity index (χ1) is 10.5. The van der Waals surface area contributed by atoms with Gasteiger partial charge in [0.2, 0.25) is 0 Å². The summed E-state index contributed by atoms with van der Waals surface area (Å²) >= 11 is 0. The van der Waals surface area contributed by atoms with Crippen molar-refractivity contribution < 1.29 is 9.53 Å². The molecule has 2 saturated carbocycles. The van der Waals surface area contributed by atoms with E-state index in [1.54, 1.807) is 0 Å². The van der Waals surface area contributed by atoms with Gasteiger partial charge in [0.1, 0.15) is 0 Å². The molecule has 22 heavy (non-hydrogen) atoms. The van der Waals surface area contributed by atoms with Gasteiger partial charge in [0, 0.05) is 24.0 Å². The minimum Gasteiger partial charge on any atom is -0.377 e. The first kappa shape index (κ1) is 14.1. The zero-order valence-electron chi connectivity index (χ0n) is 13.3. The van der Waals surface area contributed by atoms with Gasteiger partial charge in [0.15, 0.2) is 0 Å². The SMILES string of the molecule is CC1(C)[C@H](NC(=O)NC2(c3ccccc3)CC2)[C@@H]2CCO[C@@H]21. The van der Waals surface area contributed by atoms with Gasteiger partial charge in [-0.05, 0) is 24.8 Å². The second-order valence-corrected chi connectivity index (χ2v) is 7.59. The monoisotopic (exact) mass is 300 g/mol. The first-order valence-electron chi connectivity index (χ1n) is 8.29. The molecule has 0 radical (unpaired) electrons. The molecule has 1 saturated heterocycles. The highest BCUT2D eigenvalue weighted by Gasteiger charge is 2.60. The van der Waals surface area contributed by atoms with Gasteiger partial charge in [-0.1, -0.05) is 44.2 Å². The van der Waals surface area contributed by atoms with Crippen LogP contribution in [0.4, 0.5) is 4.79 Å². The normalized spacial score (nSPS) is 33.5. The molecular formula is C18H24N2O2. The summed E-state index contributed by atoms with van der Waals surface area (Å²) in [5.41, 5.74) is 1.09. The first-order valence-corrected chi connectivity index (χ1v) is 8.29.